The summed E-state index contributed by atoms with van der Waals surface area (Å²) in [5.74, 6) is 1.54. The van der Waals surface area contributed by atoms with Crippen molar-refractivity contribution < 1.29 is 13.7 Å². The summed E-state index contributed by atoms with van der Waals surface area (Å²) in [6.07, 6.45) is 3.13. The van der Waals surface area contributed by atoms with Crippen LogP contribution in [0.3, 0.4) is 0 Å². The predicted molar refractivity (Wildman–Crippen MR) is 74.5 cm³/mol. The molecule has 0 atom stereocenters. The average Bonchev–Trinajstić information content (AvgIpc) is 2.84. The van der Waals surface area contributed by atoms with Gasteiger partial charge in [-0.3, -0.25) is 0 Å². The highest BCUT2D eigenvalue weighted by Gasteiger charge is 2.42. The molecule has 1 fully saturated rings. The van der Waals surface area contributed by atoms with Gasteiger partial charge in [0.25, 0.3) is 0 Å². The lowest BCUT2D eigenvalue weighted by Crippen LogP contribution is -2.50. The van der Waals surface area contributed by atoms with E-state index in [1.54, 1.807) is 19.1 Å². The molecular weight excluding hydrogens is 273 g/mol. The number of rotatable bonds is 6. The molecule has 1 aromatic heterocycles. The largest absolute Gasteiger partial charge is 0.492 e. The molecule has 1 aliphatic rings. The number of aryl methyl sites for hydroxylation is 1. The highest BCUT2D eigenvalue weighted by Crippen LogP contribution is 2.39. The van der Waals surface area contributed by atoms with Gasteiger partial charge in [0, 0.05) is 19.5 Å². The molecule has 112 valence electrons. The molecule has 2 aromatic rings. The van der Waals surface area contributed by atoms with E-state index in [-0.39, 0.29) is 11.4 Å². The topological polar surface area (TPSA) is 60.2 Å². The molecule has 21 heavy (non-hydrogen) atoms. The van der Waals surface area contributed by atoms with E-state index in [0.717, 1.165) is 25.1 Å². The molecule has 1 N–H and O–H groups in total. The zero-order valence-corrected chi connectivity index (χ0v) is 11.9. The second-order valence-corrected chi connectivity index (χ2v) is 5.31. The summed E-state index contributed by atoms with van der Waals surface area (Å²) in [5, 5.41) is 7.46. The molecule has 6 heteroatoms. The van der Waals surface area contributed by atoms with Crippen LogP contribution in [0.25, 0.3) is 0 Å². The van der Waals surface area contributed by atoms with Crippen molar-refractivity contribution in [3.63, 3.8) is 0 Å². The zero-order chi connectivity index (χ0) is 14.7. The number of nitrogens with zero attached hydrogens (tertiary/aromatic N) is 2. The lowest BCUT2D eigenvalue weighted by Gasteiger charge is -2.39. The molecule has 1 saturated carbocycles. The minimum Gasteiger partial charge on any atom is -0.492 e. The summed E-state index contributed by atoms with van der Waals surface area (Å²) in [6.45, 7) is 2.89. The number of ether oxygens (including phenoxy) is 1. The molecule has 0 amide bonds. The van der Waals surface area contributed by atoms with Crippen molar-refractivity contribution in [3.8, 4) is 5.75 Å². The molecule has 5 nitrogen and oxygen atoms in total. The van der Waals surface area contributed by atoms with E-state index < -0.39 is 0 Å². The molecule has 3 rings (SSSR count). The maximum absolute atomic E-state index is 13.0. The third-order valence-electron chi connectivity index (χ3n) is 3.79. The average molecular weight is 291 g/mol. The Morgan fingerprint density at radius 3 is 2.90 bits per heavy atom. The Morgan fingerprint density at radius 1 is 1.43 bits per heavy atom. The van der Waals surface area contributed by atoms with Gasteiger partial charge in [-0.2, -0.15) is 4.98 Å². The number of nitrogens with one attached hydrogen (secondary N) is 1. The molecule has 0 spiro atoms. The number of halogens is 1. The maximum atomic E-state index is 13.0. The summed E-state index contributed by atoms with van der Waals surface area (Å²) >= 11 is 0. The zero-order valence-electron chi connectivity index (χ0n) is 11.9. The molecule has 0 aliphatic heterocycles. The lowest BCUT2D eigenvalue weighted by molar-refractivity contribution is 0.156. The lowest BCUT2D eigenvalue weighted by atomic mass is 9.76. The monoisotopic (exact) mass is 291 g/mol. The van der Waals surface area contributed by atoms with Crippen LogP contribution in [0.4, 0.5) is 4.39 Å². The van der Waals surface area contributed by atoms with Crippen LogP contribution >= 0.6 is 0 Å². The Bertz CT molecular complexity index is 610. The third kappa shape index (κ3) is 3.05. The van der Waals surface area contributed by atoms with Gasteiger partial charge in [-0.15, -0.1) is 0 Å². The molecule has 0 bridgehead atoms. The molecule has 1 aliphatic carbocycles. The van der Waals surface area contributed by atoms with Crippen molar-refractivity contribution >= 4 is 0 Å². The van der Waals surface area contributed by atoms with Crippen LogP contribution in [-0.2, 0) is 5.54 Å². The highest BCUT2D eigenvalue weighted by atomic mass is 19.1. The van der Waals surface area contributed by atoms with Crippen molar-refractivity contribution in [1.82, 2.24) is 15.5 Å². The summed E-state index contributed by atoms with van der Waals surface area (Å²) in [7, 11) is 0. The van der Waals surface area contributed by atoms with E-state index in [1.807, 2.05) is 0 Å². The SMILES string of the molecule is Cc1nc(C2(NCCOc3cccc(F)c3)CCC2)no1. The van der Waals surface area contributed by atoms with E-state index in [4.69, 9.17) is 9.26 Å². The first-order valence-electron chi connectivity index (χ1n) is 7.12. The molecular formula is C15H18FN3O2. The summed E-state index contributed by atoms with van der Waals surface area (Å²) in [4.78, 5) is 4.32. The maximum Gasteiger partial charge on any atom is 0.223 e. The van der Waals surface area contributed by atoms with Crippen LogP contribution in [0.5, 0.6) is 5.75 Å². The smallest absolute Gasteiger partial charge is 0.223 e. The third-order valence-corrected chi connectivity index (χ3v) is 3.79. The van der Waals surface area contributed by atoms with Crippen molar-refractivity contribution in [2.75, 3.05) is 13.2 Å². The van der Waals surface area contributed by atoms with Gasteiger partial charge in [-0.25, -0.2) is 4.39 Å². The first kappa shape index (κ1) is 14.0. The van der Waals surface area contributed by atoms with E-state index in [1.165, 1.54) is 12.1 Å². The normalized spacial score (nSPS) is 16.5. The van der Waals surface area contributed by atoms with Crippen LogP contribution in [-0.4, -0.2) is 23.3 Å². The quantitative estimate of drug-likeness (QED) is 0.829. The van der Waals surface area contributed by atoms with Gasteiger partial charge in [-0.1, -0.05) is 11.2 Å². The van der Waals surface area contributed by atoms with E-state index >= 15 is 0 Å². The van der Waals surface area contributed by atoms with Crippen LogP contribution in [0.1, 0.15) is 31.0 Å². The highest BCUT2D eigenvalue weighted by molar-refractivity contribution is 5.22. The fourth-order valence-electron chi connectivity index (χ4n) is 2.52. The van der Waals surface area contributed by atoms with Gasteiger partial charge in [0.2, 0.25) is 5.89 Å². The Labute approximate surface area is 122 Å². The van der Waals surface area contributed by atoms with Crippen LogP contribution in [0, 0.1) is 12.7 Å². The van der Waals surface area contributed by atoms with Crippen molar-refractivity contribution in [1.29, 1.82) is 0 Å². The minimum atomic E-state index is -0.293. The molecule has 0 unspecified atom stereocenters. The van der Waals surface area contributed by atoms with Gasteiger partial charge in [-0.05, 0) is 31.4 Å². The minimum absolute atomic E-state index is 0.191. The number of aromatic nitrogens is 2. The second kappa shape index (κ2) is 5.81. The number of benzene rings is 1. The first-order chi connectivity index (χ1) is 10.2. The van der Waals surface area contributed by atoms with Crippen LogP contribution in [0.15, 0.2) is 28.8 Å². The summed E-state index contributed by atoms with van der Waals surface area (Å²) in [5.41, 5.74) is -0.191. The standard InChI is InChI=1S/C15H18FN3O2/c1-11-18-14(19-21-11)15(6-3-7-15)17-8-9-20-13-5-2-4-12(16)10-13/h2,4-5,10,17H,3,6-9H2,1H3. The van der Waals surface area contributed by atoms with Gasteiger partial charge < -0.3 is 14.6 Å². The van der Waals surface area contributed by atoms with Crippen molar-refractivity contribution in [3.05, 3.63) is 41.8 Å². The summed E-state index contributed by atoms with van der Waals surface area (Å²) < 4.78 is 23.6. The van der Waals surface area contributed by atoms with Crippen molar-refractivity contribution in [2.45, 2.75) is 31.7 Å². The number of hydrogen-bond acceptors (Lipinski definition) is 5. The molecule has 1 aromatic carbocycles. The van der Waals surface area contributed by atoms with Gasteiger partial charge in [0.1, 0.15) is 18.2 Å². The Hall–Kier alpha value is -1.95. The summed E-state index contributed by atoms with van der Waals surface area (Å²) in [6, 6.07) is 6.15. The van der Waals surface area contributed by atoms with E-state index in [9.17, 15) is 4.39 Å². The van der Waals surface area contributed by atoms with Gasteiger partial charge in [0.15, 0.2) is 5.82 Å². The van der Waals surface area contributed by atoms with E-state index in [0.29, 0.717) is 24.8 Å². The van der Waals surface area contributed by atoms with E-state index in [2.05, 4.69) is 15.5 Å². The molecule has 1 heterocycles. The second-order valence-electron chi connectivity index (χ2n) is 5.31. The first-order valence-corrected chi connectivity index (χ1v) is 7.12. The fourth-order valence-corrected chi connectivity index (χ4v) is 2.52. The fraction of sp³-hybridized carbons (Fsp3) is 0.467. The molecule has 0 saturated heterocycles. The van der Waals surface area contributed by atoms with Gasteiger partial charge in [0.05, 0.1) is 5.54 Å². The van der Waals surface area contributed by atoms with Crippen LogP contribution < -0.4 is 10.1 Å². The predicted octanol–water partition coefficient (Wildman–Crippen LogP) is 2.56. The Kier molecular flexibility index (Phi) is 3.88. The van der Waals surface area contributed by atoms with Gasteiger partial charge >= 0.3 is 0 Å². The molecule has 0 radical (unpaired) electrons. The van der Waals surface area contributed by atoms with Crippen LogP contribution in [0.2, 0.25) is 0 Å². The Morgan fingerprint density at radius 2 is 2.29 bits per heavy atom. The number of hydrogen-bond donors (Lipinski definition) is 1. The van der Waals surface area contributed by atoms with Crippen molar-refractivity contribution in [2.24, 2.45) is 0 Å². The Balaban J connectivity index is 1.52.